The molecule has 0 bridgehead atoms. The topological polar surface area (TPSA) is 29.1 Å². The monoisotopic (exact) mass is 203 g/mol. The molecule has 0 unspecified atom stereocenters. The van der Waals surface area contributed by atoms with Crippen LogP contribution in [0.3, 0.4) is 0 Å². The van der Waals surface area contributed by atoms with Crippen molar-refractivity contribution in [2.45, 2.75) is 33.1 Å². The maximum Gasteiger partial charge on any atom is 0.222 e. The van der Waals surface area contributed by atoms with Crippen LogP contribution >= 0.6 is 11.8 Å². The summed E-state index contributed by atoms with van der Waals surface area (Å²) in [6.45, 7) is 4.68. The van der Waals surface area contributed by atoms with Crippen molar-refractivity contribution < 1.29 is 4.79 Å². The van der Waals surface area contributed by atoms with E-state index in [2.05, 4.69) is 11.6 Å². The Morgan fingerprint density at radius 3 is 2.54 bits per heavy atom. The van der Waals surface area contributed by atoms with Crippen LogP contribution in [0.15, 0.2) is 0 Å². The molecule has 1 amide bonds. The molecule has 0 saturated heterocycles. The molecule has 3 heteroatoms. The highest BCUT2D eigenvalue weighted by atomic mass is 32.2. The minimum absolute atomic E-state index is 0.117. The summed E-state index contributed by atoms with van der Waals surface area (Å²) in [7, 11) is 0. The van der Waals surface area contributed by atoms with Crippen LogP contribution in [0.4, 0.5) is 0 Å². The maximum atomic E-state index is 11.1. The summed E-state index contributed by atoms with van der Waals surface area (Å²) < 4.78 is 0. The van der Waals surface area contributed by atoms with Gasteiger partial charge in [-0.2, -0.15) is 11.8 Å². The zero-order chi connectivity index (χ0) is 10.1. The molecule has 78 valence electrons. The first-order chi connectivity index (χ1) is 6.18. The number of hydrogen-bond acceptors (Lipinski definition) is 2. The van der Waals surface area contributed by atoms with Gasteiger partial charge in [0.1, 0.15) is 0 Å². The molecule has 0 saturated carbocycles. The van der Waals surface area contributed by atoms with Crippen molar-refractivity contribution in [3.05, 3.63) is 0 Å². The lowest BCUT2D eigenvalue weighted by molar-refractivity contribution is -0.123. The zero-order valence-corrected chi connectivity index (χ0v) is 9.75. The minimum atomic E-state index is 0.117. The first-order valence-corrected chi connectivity index (χ1v) is 6.34. The molecular weight excluding hydrogens is 182 g/mol. The summed E-state index contributed by atoms with van der Waals surface area (Å²) >= 11 is 1.88. The molecule has 0 aliphatic heterocycles. The fraction of sp³-hybridized carbons (Fsp3) is 0.900. The normalized spacial score (nSPS) is 10.5. The molecule has 13 heavy (non-hydrogen) atoms. The Bertz CT molecular complexity index is 137. The van der Waals surface area contributed by atoms with Gasteiger partial charge >= 0.3 is 0 Å². The van der Waals surface area contributed by atoms with Crippen LogP contribution in [0.2, 0.25) is 0 Å². The number of nitrogens with one attached hydrogen (secondary N) is 1. The second-order valence-electron chi connectivity index (χ2n) is 3.50. The summed E-state index contributed by atoms with van der Waals surface area (Å²) in [4.78, 5) is 11.1. The van der Waals surface area contributed by atoms with E-state index in [1.165, 1.54) is 18.6 Å². The average Bonchev–Trinajstić information content (AvgIpc) is 2.10. The third-order valence-electron chi connectivity index (χ3n) is 1.85. The smallest absolute Gasteiger partial charge is 0.222 e. The second kappa shape index (κ2) is 8.42. The summed E-state index contributed by atoms with van der Waals surface area (Å²) in [5, 5.41) is 2.91. The van der Waals surface area contributed by atoms with Crippen LogP contribution in [0.1, 0.15) is 33.1 Å². The molecule has 0 rings (SSSR count). The zero-order valence-electron chi connectivity index (χ0n) is 8.93. The van der Waals surface area contributed by atoms with E-state index in [1.54, 1.807) is 0 Å². The number of hydrogen-bond donors (Lipinski definition) is 1. The van der Waals surface area contributed by atoms with E-state index in [0.717, 1.165) is 13.0 Å². The van der Waals surface area contributed by atoms with E-state index in [4.69, 9.17) is 0 Å². The molecule has 0 aliphatic carbocycles. The first-order valence-electron chi connectivity index (χ1n) is 4.95. The highest BCUT2D eigenvalue weighted by Crippen LogP contribution is 2.01. The van der Waals surface area contributed by atoms with Gasteiger partial charge in [0.2, 0.25) is 5.91 Å². The molecular formula is C10H21NOS. The number of thioether (sulfide) groups is 1. The van der Waals surface area contributed by atoms with Gasteiger partial charge in [-0.3, -0.25) is 4.79 Å². The van der Waals surface area contributed by atoms with E-state index in [9.17, 15) is 4.79 Å². The molecule has 0 aromatic heterocycles. The van der Waals surface area contributed by atoms with Crippen molar-refractivity contribution >= 4 is 17.7 Å². The number of unbranched alkanes of at least 4 members (excludes halogenated alkanes) is 2. The molecule has 0 atom stereocenters. The molecule has 0 aliphatic rings. The summed E-state index contributed by atoms with van der Waals surface area (Å²) in [6, 6.07) is 0. The summed E-state index contributed by atoms with van der Waals surface area (Å²) in [5.41, 5.74) is 0. The number of amides is 1. The van der Waals surface area contributed by atoms with Crippen molar-refractivity contribution in [2.75, 3.05) is 18.6 Å². The van der Waals surface area contributed by atoms with Crippen LogP contribution < -0.4 is 5.32 Å². The van der Waals surface area contributed by atoms with Gasteiger partial charge < -0.3 is 5.32 Å². The first kappa shape index (κ1) is 12.8. The van der Waals surface area contributed by atoms with E-state index in [0.29, 0.717) is 0 Å². The lowest BCUT2D eigenvalue weighted by atomic mass is 10.2. The Morgan fingerprint density at radius 1 is 1.31 bits per heavy atom. The van der Waals surface area contributed by atoms with Gasteiger partial charge in [-0.05, 0) is 24.9 Å². The van der Waals surface area contributed by atoms with Crippen molar-refractivity contribution in [3.63, 3.8) is 0 Å². The van der Waals surface area contributed by atoms with Crippen LogP contribution in [0, 0.1) is 5.92 Å². The van der Waals surface area contributed by atoms with Gasteiger partial charge in [-0.25, -0.2) is 0 Å². The highest BCUT2D eigenvalue weighted by Gasteiger charge is 2.04. The SMILES string of the molecule is CSCCCCCNC(=O)C(C)C. The van der Waals surface area contributed by atoms with Gasteiger partial charge in [0, 0.05) is 12.5 Å². The Morgan fingerprint density at radius 2 is 2.00 bits per heavy atom. The predicted octanol–water partition coefficient (Wildman–Crippen LogP) is 2.29. The van der Waals surface area contributed by atoms with Gasteiger partial charge in [0.15, 0.2) is 0 Å². The summed E-state index contributed by atoms with van der Waals surface area (Å²) in [5.74, 6) is 1.52. The second-order valence-corrected chi connectivity index (χ2v) is 4.48. The number of carbonyl (C=O) groups is 1. The fourth-order valence-electron chi connectivity index (χ4n) is 0.964. The summed E-state index contributed by atoms with van der Waals surface area (Å²) in [6.07, 6.45) is 5.72. The molecule has 0 spiro atoms. The van der Waals surface area contributed by atoms with Gasteiger partial charge in [0.25, 0.3) is 0 Å². The van der Waals surface area contributed by atoms with Gasteiger partial charge in [-0.15, -0.1) is 0 Å². The lowest BCUT2D eigenvalue weighted by Gasteiger charge is -2.06. The van der Waals surface area contributed by atoms with Crippen molar-refractivity contribution in [1.29, 1.82) is 0 Å². The van der Waals surface area contributed by atoms with Crippen LogP contribution in [-0.2, 0) is 4.79 Å². The maximum absolute atomic E-state index is 11.1. The molecule has 0 aromatic carbocycles. The Hall–Kier alpha value is -0.180. The fourth-order valence-corrected chi connectivity index (χ4v) is 1.46. The Balaban J connectivity index is 3.12. The lowest BCUT2D eigenvalue weighted by Crippen LogP contribution is -2.28. The van der Waals surface area contributed by atoms with E-state index >= 15 is 0 Å². The van der Waals surface area contributed by atoms with E-state index in [-0.39, 0.29) is 11.8 Å². The molecule has 0 aromatic rings. The van der Waals surface area contributed by atoms with Crippen molar-refractivity contribution in [3.8, 4) is 0 Å². The van der Waals surface area contributed by atoms with Crippen LogP contribution in [0.25, 0.3) is 0 Å². The van der Waals surface area contributed by atoms with Gasteiger partial charge in [-0.1, -0.05) is 20.3 Å². The standard InChI is InChI=1S/C10H21NOS/c1-9(2)10(12)11-7-5-4-6-8-13-3/h9H,4-8H2,1-3H3,(H,11,12). The quantitative estimate of drug-likeness (QED) is 0.643. The molecule has 0 radical (unpaired) electrons. The van der Waals surface area contributed by atoms with Crippen LogP contribution in [0.5, 0.6) is 0 Å². The minimum Gasteiger partial charge on any atom is -0.356 e. The third kappa shape index (κ3) is 8.16. The Kier molecular flexibility index (Phi) is 8.30. The highest BCUT2D eigenvalue weighted by molar-refractivity contribution is 7.98. The number of rotatable bonds is 7. The number of carbonyl (C=O) groups excluding carboxylic acids is 1. The van der Waals surface area contributed by atoms with Crippen LogP contribution in [-0.4, -0.2) is 24.5 Å². The van der Waals surface area contributed by atoms with Gasteiger partial charge in [0.05, 0.1) is 0 Å². The molecule has 0 heterocycles. The molecule has 1 N–H and O–H groups in total. The third-order valence-corrected chi connectivity index (χ3v) is 2.55. The molecule has 2 nitrogen and oxygen atoms in total. The van der Waals surface area contributed by atoms with Crippen molar-refractivity contribution in [2.24, 2.45) is 5.92 Å². The average molecular weight is 203 g/mol. The van der Waals surface area contributed by atoms with Crippen molar-refractivity contribution in [1.82, 2.24) is 5.32 Å². The molecule has 0 fully saturated rings. The largest absolute Gasteiger partial charge is 0.356 e. The predicted molar refractivity (Wildman–Crippen MR) is 60.1 cm³/mol. The van der Waals surface area contributed by atoms with E-state index in [1.807, 2.05) is 25.6 Å². The van der Waals surface area contributed by atoms with E-state index < -0.39 is 0 Å². The Labute approximate surface area is 85.9 Å².